The molecule has 3 heterocycles. The summed E-state index contributed by atoms with van der Waals surface area (Å²) in [6.07, 6.45) is 9.10. The van der Waals surface area contributed by atoms with E-state index in [-0.39, 0.29) is 18.6 Å². The summed E-state index contributed by atoms with van der Waals surface area (Å²) in [7, 11) is 0. The molecule has 1 aromatic carbocycles. The summed E-state index contributed by atoms with van der Waals surface area (Å²) in [4.78, 5) is 25.3. The number of nitrogens with two attached hydrogens (primary N) is 1. The van der Waals surface area contributed by atoms with Crippen LogP contribution in [0.25, 0.3) is 21.8 Å². The molecule has 1 aliphatic rings. The Morgan fingerprint density at radius 2 is 1.92 bits per heavy atom. The summed E-state index contributed by atoms with van der Waals surface area (Å²) in [5, 5.41) is 2.23. The van der Waals surface area contributed by atoms with E-state index in [0.29, 0.717) is 13.1 Å². The van der Waals surface area contributed by atoms with Crippen molar-refractivity contribution in [2.45, 2.75) is 77.6 Å². The fourth-order valence-corrected chi connectivity index (χ4v) is 5.79. The highest BCUT2D eigenvalue weighted by Crippen LogP contribution is 2.36. The number of aromatic nitrogens is 3. The van der Waals surface area contributed by atoms with Gasteiger partial charge in [0.05, 0.1) is 22.9 Å². The molecule has 5 rings (SSSR count). The van der Waals surface area contributed by atoms with Crippen LogP contribution in [0, 0.1) is 0 Å². The lowest BCUT2D eigenvalue weighted by Crippen LogP contribution is -2.33. The highest BCUT2D eigenvalue weighted by molar-refractivity contribution is 6.09. The quantitative estimate of drug-likeness (QED) is 0.233. The average molecular weight is 514 g/mol. The van der Waals surface area contributed by atoms with Gasteiger partial charge in [0.1, 0.15) is 12.1 Å². The van der Waals surface area contributed by atoms with Gasteiger partial charge in [-0.2, -0.15) is 0 Å². The third kappa shape index (κ3) is 5.59. The van der Waals surface area contributed by atoms with Crippen molar-refractivity contribution < 1.29 is 9.53 Å². The number of nitrogens with zero attached hydrogens (tertiary/aromatic N) is 4. The number of fused-ring (bicyclic) bond motifs is 4. The molecule has 0 spiro atoms. The first-order valence-corrected chi connectivity index (χ1v) is 13.8. The molecular formula is C31H39N5O2. The van der Waals surface area contributed by atoms with Gasteiger partial charge in [-0.1, -0.05) is 24.3 Å². The lowest BCUT2D eigenvalue weighted by atomic mass is 9.90. The smallest absolute Gasteiger partial charge is 0.326 e. The van der Waals surface area contributed by atoms with E-state index in [4.69, 9.17) is 20.4 Å². The third-order valence-corrected chi connectivity index (χ3v) is 7.32. The van der Waals surface area contributed by atoms with E-state index in [0.717, 1.165) is 66.1 Å². The molecule has 0 fully saturated rings. The van der Waals surface area contributed by atoms with Crippen molar-refractivity contribution in [3.05, 3.63) is 71.8 Å². The van der Waals surface area contributed by atoms with Gasteiger partial charge < -0.3 is 15.0 Å². The van der Waals surface area contributed by atoms with E-state index >= 15 is 0 Å². The summed E-state index contributed by atoms with van der Waals surface area (Å²) < 4.78 is 7.81. The molecule has 0 amide bonds. The molecule has 7 heteroatoms. The third-order valence-electron chi connectivity index (χ3n) is 7.32. The molecule has 0 unspecified atom stereocenters. The zero-order valence-electron chi connectivity index (χ0n) is 22.8. The van der Waals surface area contributed by atoms with Crippen LogP contribution < -0.4 is 5.73 Å². The standard InChI is InChI=1S/C31H39N5O2/c1-31(2,3)38-28(37)21-36-26-13-5-4-12-23(26)24-15-18-33-25(30(24)36)20-35(19-7-6-16-32)27-14-8-10-22-11-9-17-34-29(22)27/h4-5,9,11-13,15,17-18,27H,6-8,10,14,16,19-21,32H2,1-3H3/t27-/m0/s1. The van der Waals surface area contributed by atoms with Crippen molar-refractivity contribution >= 4 is 27.8 Å². The summed E-state index contributed by atoms with van der Waals surface area (Å²) in [5.74, 6) is -0.250. The Bertz CT molecular complexity index is 1420. The highest BCUT2D eigenvalue weighted by Gasteiger charge is 2.29. The van der Waals surface area contributed by atoms with Gasteiger partial charge in [0, 0.05) is 35.2 Å². The molecule has 1 atom stereocenters. The number of para-hydroxylation sites is 1. The van der Waals surface area contributed by atoms with Gasteiger partial charge in [-0.25, -0.2) is 0 Å². The maximum atomic E-state index is 13.0. The molecule has 0 saturated carbocycles. The average Bonchev–Trinajstić information content (AvgIpc) is 3.21. The largest absolute Gasteiger partial charge is 0.459 e. The molecule has 0 radical (unpaired) electrons. The van der Waals surface area contributed by atoms with Crippen LogP contribution in [0.3, 0.4) is 0 Å². The van der Waals surface area contributed by atoms with Gasteiger partial charge in [0.2, 0.25) is 0 Å². The predicted octanol–water partition coefficient (Wildman–Crippen LogP) is 5.54. The number of hydrogen-bond donors (Lipinski definition) is 1. The number of ether oxygens (including phenoxy) is 1. The van der Waals surface area contributed by atoms with Gasteiger partial charge in [0.25, 0.3) is 0 Å². The van der Waals surface area contributed by atoms with Crippen LogP contribution in [0.5, 0.6) is 0 Å². The van der Waals surface area contributed by atoms with E-state index < -0.39 is 5.60 Å². The van der Waals surface area contributed by atoms with Crippen molar-refractivity contribution in [2.24, 2.45) is 5.73 Å². The molecular weight excluding hydrogens is 474 g/mol. The summed E-state index contributed by atoms with van der Waals surface area (Å²) in [5.41, 5.74) is 10.8. The zero-order valence-corrected chi connectivity index (χ0v) is 22.8. The normalized spacial score (nSPS) is 15.8. The molecule has 2 N–H and O–H groups in total. The maximum absolute atomic E-state index is 13.0. The molecule has 7 nitrogen and oxygen atoms in total. The number of carbonyl (C=O) groups is 1. The zero-order chi connectivity index (χ0) is 26.7. The first kappa shape index (κ1) is 26.3. The predicted molar refractivity (Wildman–Crippen MR) is 152 cm³/mol. The van der Waals surface area contributed by atoms with Crippen molar-refractivity contribution in [3.63, 3.8) is 0 Å². The van der Waals surface area contributed by atoms with Gasteiger partial charge in [0.15, 0.2) is 0 Å². The number of carbonyl (C=O) groups excluding carboxylic acids is 1. The van der Waals surface area contributed by atoms with E-state index in [1.54, 1.807) is 0 Å². The highest BCUT2D eigenvalue weighted by atomic mass is 16.6. The lowest BCUT2D eigenvalue weighted by Gasteiger charge is -2.35. The fourth-order valence-electron chi connectivity index (χ4n) is 5.79. The minimum atomic E-state index is -0.544. The Morgan fingerprint density at radius 3 is 2.74 bits per heavy atom. The van der Waals surface area contributed by atoms with E-state index in [1.165, 1.54) is 11.3 Å². The van der Waals surface area contributed by atoms with E-state index in [1.807, 2.05) is 51.4 Å². The number of esters is 1. The lowest BCUT2D eigenvalue weighted by molar-refractivity contribution is -0.155. The second-order valence-corrected chi connectivity index (χ2v) is 11.3. The minimum absolute atomic E-state index is 0.140. The minimum Gasteiger partial charge on any atom is -0.459 e. The van der Waals surface area contributed by atoms with E-state index in [2.05, 4.69) is 33.7 Å². The molecule has 3 aromatic heterocycles. The Labute approximate surface area is 225 Å². The van der Waals surface area contributed by atoms with Crippen LogP contribution in [-0.2, 0) is 29.0 Å². The fraction of sp³-hybridized carbons (Fsp3) is 0.452. The van der Waals surface area contributed by atoms with Gasteiger partial charge in [-0.05, 0) is 89.7 Å². The number of pyridine rings is 2. The van der Waals surface area contributed by atoms with Crippen LogP contribution in [0.2, 0.25) is 0 Å². The second kappa shape index (κ2) is 11.2. The van der Waals surface area contributed by atoms with Crippen molar-refractivity contribution in [3.8, 4) is 0 Å². The molecule has 0 saturated heterocycles. The van der Waals surface area contributed by atoms with Gasteiger partial charge >= 0.3 is 5.97 Å². The van der Waals surface area contributed by atoms with Crippen LogP contribution in [0.1, 0.15) is 69.4 Å². The number of hydrogen-bond acceptors (Lipinski definition) is 6. The molecule has 38 heavy (non-hydrogen) atoms. The molecule has 1 aliphatic carbocycles. The molecule has 4 aromatic rings. The number of unbranched alkanes of at least 4 members (excludes halogenated alkanes) is 1. The Kier molecular flexibility index (Phi) is 7.77. The van der Waals surface area contributed by atoms with Crippen LogP contribution in [-0.4, -0.2) is 44.1 Å². The summed E-state index contributed by atoms with van der Waals surface area (Å²) in [6, 6.07) is 14.8. The van der Waals surface area contributed by atoms with Gasteiger partial charge in [-0.3, -0.25) is 19.7 Å². The van der Waals surface area contributed by atoms with Crippen molar-refractivity contribution in [1.82, 2.24) is 19.4 Å². The molecule has 200 valence electrons. The van der Waals surface area contributed by atoms with Crippen molar-refractivity contribution in [2.75, 3.05) is 13.1 Å². The second-order valence-electron chi connectivity index (χ2n) is 11.3. The first-order valence-electron chi connectivity index (χ1n) is 13.8. The van der Waals surface area contributed by atoms with Crippen molar-refractivity contribution in [1.29, 1.82) is 0 Å². The Hall–Kier alpha value is -3.29. The van der Waals surface area contributed by atoms with Crippen LogP contribution in [0.4, 0.5) is 0 Å². The maximum Gasteiger partial charge on any atom is 0.326 e. The first-order chi connectivity index (χ1) is 18.4. The van der Waals surface area contributed by atoms with E-state index in [9.17, 15) is 4.79 Å². The Morgan fingerprint density at radius 1 is 1.08 bits per heavy atom. The number of benzene rings is 1. The summed E-state index contributed by atoms with van der Waals surface area (Å²) >= 11 is 0. The molecule has 0 aliphatic heterocycles. The topological polar surface area (TPSA) is 86.3 Å². The van der Waals surface area contributed by atoms with Crippen LogP contribution in [0.15, 0.2) is 54.9 Å². The monoisotopic (exact) mass is 513 g/mol. The van der Waals surface area contributed by atoms with Gasteiger partial charge in [-0.15, -0.1) is 0 Å². The summed E-state index contributed by atoms with van der Waals surface area (Å²) in [6.45, 7) is 8.12. The number of aryl methyl sites for hydroxylation is 1. The number of rotatable bonds is 9. The Balaban J connectivity index is 1.57. The molecule has 0 bridgehead atoms. The van der Waals surface area contributed by atoms with Crippen LogP contribution >= 0.6 is 0 Å². The SMILES string of the molecule is CC(C)(C)OC(=O)Cn1c2ccccc2c2ccnc(CN(CCCCN)[C@H]3CCCc4cccnc43)c21.